The summed E-state index contributed by atoms with van der Waals surface area (Å²) in [7, 11) is -1.81. The average molecular weight is 266 g/mol. The van der Waals surface area contributed by atoms with Gasteiger partial charge in [0.05, 0.1) is 11.1 Å². The molecule has 0 heterocycles. The number of thiocarbonyl (C=S) groups is 1. The Morgan fingerprint density at radius 1 is 1.62 bits per heavy atom. The molecule has 0 aromatic carbocycles. The minimum Gasteiger partial charge on any atom is -0.392 e. The van der Waals surface area contributed by atoms with E-state index >= 15 is 0 Å². The topological polar surface area (TPSA) is 81.4 Å². The van der Waals surface area contributed by atoms with Gasteiger partial charge in [-0.1, -0.05) is 19.1 Å². The summed E-state index contributed by atoms with van der Waals surface area (Å²) >= 11 is 4.75. The van der Waals surface area contributed by atoms with Crippen LogP contribution in [0.2, 0.25) is 0 Å². The molecule has 0 spiro atoms. The SMILES string of the molecule is CCC(C(N)=S)S(=O)(=O)NC1CC(OC)C1. The maximum Gasteiger partial charge on any atom is 0.221 e. The molecular formula is C9H18N2O3S2. The van der Waals surface area contributed by atoms with Crippen molar-refractivity contribution in [1.82, 2.24) is 4.72 Å². The number of nitrogens with two attached hydrogens (primary N) is 1. The third-order valence-corrected chi connectivity index (χ3v) is 5.25. The molecule has 1 fully saturated rings. The zero-order valence-corrected chi connectivity index (χ0v) is 11.1. The Morgan fingerprint density at radius 3 is 2.56 bits per heavy atom. The Hall–Kier alpha value is -0.240. The number of hydrogen-bond acceptors (Lipinski definition) is 4. The minimum atomic E-state index is -3.44. The lowest BCUT2D eigenvalue weighted by Gasteiger charge is -2.35. The first-order valence-corrected chi connectivity index (χ1v) is 7.19. The van der Waals surface area contributed by atoms with Crippen molar-refractivity contribution in [2.45, 2.75) is 43.6 Å². The molecule has 0 bridgehead atoms. The van der Waals surface area contributed by atoms with Gasteiger partial charge in [0.25, 0.3) is 0 Å². The molecule has 1 atom stereocenters. The van der Waals surface area contributed by atoms with Crippen LogP contribution in [-0.4, -0.2) is 37.9 Å². The number of rotatable bonds is 6. The third kappa shape index (κ3) is 3.13. The lowest BCUT2D eigenvalue weighted by Crippen LogP contribution is -2.52. The van der Waals surface area contributed by atoms with Crippen molar-refractivity contribution >= 4 is 27.2 Å². The van der Waals surface area contributed by atoms with Gasteiger partial charge in [0.15, 0.2) is 0 Å². The molecule has 0 aromatic heterocycles. The van der Waals surface area contributed by atoms with E-state index in [-0.39, 0.29) is 17.1 Å². The molecule has 0 aromatic rings. The van der Waals surface area contributed by atoms with Crippen LogP contribution in [0.15, 0.2) is 0 Å². The summed E-state index contributed by atoms with van der Waals surface area (Å²) in [6, 6.07) is -0.0432. The van der Waals surface area contributed by atoms with Crippen LogP contribution in [0.1, 0.15) is 26.2 Å². The van der Waals surface area contributed by atoms with Gasteiger partial charge in [0.2, 0.25) is 10.0 Å². The molecule has 7 heteroatoms. The van der Waals surface area contributed by atoms with Crippen molar-refractivity contribution in [3.63, 3.8) is 0 Å². The Labute approximate surface area is 102 Å². The van der Waals surface area contributed by atoms with Crippen molar-refractivity contribution in [3.05, 3.63) is 0 Å². The second kappa shape index (κ2) is 5.39. The van der Waals surface area contributed by atoms with Gasteiger partial charge in [-0.15, -0.1) is 0 Å². The summed E-state index contributed by atoms with van der Waals surface area (Å²) in [4.78, 5) is 0.0256. The summed E-state index contributed by atoms with van der Waals surface area (Å²) in [5.41, 5.74) is 5.41. The van der Waals surface area contributed by atoms with Gasteiger partial charge in [0.1, 0.15) is 5.25 Å². The highest BCUT2D eigenvalue weighted by molar-refractivity contribution is 7.93. The maximum absolute atomic E-state index is 11.9. The second-order valence-electron chi connectivity index (χ2n) is 3.99. The molecule has 5 nitrogen and oxygen atoms in total. The van der Waals surface area contributed by atoms with Crippen LogP contribution in [0, 0.1) is 0 Å². The summed E-state index contributed by atoms with van der Waals surface area (Å²) < 4.78 is 31.5. The minimum absolute atomic E-state index is 0.0256. The monoisotopic (exact) mass is 266 g/mol. The maximum atomic E-state index is 11.9. The first-order chi connectivity index (χ1) is 7.40. The first kappa shape index (κ1) is 13.8. The van der Waals surface area contributed by atoms with E-state index in [2.05, 4.69) is 4.72 Å². The number of ether oxygens (including phenoxy) is 1. The van der Waals surface area contributed by atoms with Crippen LogP contribution in [-0.2, 0) is 14.8 Å². The molecule has 94 valence electrons. The van der Waals surface area contributed by atoms with Crippen LogP contribution in [0.5, 0.6) is 0 Å². The van der Waals surface area contributed by atoms with E-state index in [9.17, 15) is 8.42 Å². The molecule has 1 unspecified atom stereocenters. The smallest absolute Gasteiger partial charge is 0.221 e. The fraction of sp³-hybridized carbons (Fsp3) is 0.889. The summed E-state index contributed by atoms with van der Waals surface area (Å²) in [5, 5.41) is -0.774. The van der Waals surface area contributed by atoms with Crippen molar-refractivity contribution in [1.29, 1.82) is 0 Å². The lowest BCUT2D eigenvalue weighted by atomic mass is 9.90. The molecule has 0 aliphatic heterocycles. The number of hydrogen-bond donors (Lipinski definition) is 2. The second-order valence-corrected chi connectivity index (χ2v) is 6.35. The van der Waals surface area contributed by atoms with Crippen molar-refractivity contribution in [3.8, 4) is 0 Å². The largest absolute Gasteiger partial charge is 0.392 e. The van der Waals surface area contributed by atoms with Gasteiger partial charge in [-0.05, 0) is 19.3 Å². The predicted octanol–water partition coefficient (Wildman–Crippen LogP) is 0.148. The summed E-state index contributed by atoms with van der Waals surface area (Å²) in [5.74, 6) is 0. The van der Waals surface area contributed by atoms with E-state index in [4.69, 9.17) is 22.7 Å². The Bertz CT molecular complexity index is 350. The highest BCUT2D eigenvalue weighted by Gasteiger charge is 2.35. The Balaban J connectivity index is 2.55. The van der Waals surface area contributed by atoms with E-state index in [1.54, 1.807) is 14.0 Å². The molecule has 3 N–H and O–H groups in total. The van der Waals surface area contributed by atoms with Gasteiger partial charge in [0, 0.05) is 13.2 Å². The molecule has 0 amide bonds. The number of sulfonamides is 1. The van der Waals surface area contributed by atoms with Gasteiger partial charge < -0.3 is 10.5 Å². The van der Waals surface area contributed by atoms with E-state index in [1.165, 1.54) is 0 Å². The fourth-order valence-electron chi connectivity index (χ4n) is 1.74. The average Bonchev–Trinajstić information content (AvgIpc) is 2.10. The molecule has 0 saturated heterocycles. The van der Waals surface area contributed by atoms with Crippen molar-refractivity contribution in [2.24, 2.45) is 5.73 Å². The van der Waals surface area contributed by atoms with Crippen LogP contribution in [0.25, 0.3) is 0 Å². The van der Waals surface area contributed by atoms with E-state index in [1.807, 2.05) is 0 Å². The van der Waals surface area contributed by atoms with E-state index in [0.29, 0.717) is 19.3 Å². The molecule has 1 rings (SSSR count). The highest BCUT2D eigenvalue weighted by Crippen LogP contribution is 2.24. The van der Waals surface area contributed by atoms with Crippen LogP contribution >= 0.6 is 12.2 Å². The van der Waals surface area contributed by atoms with Crippen LogP contribution in [0.4, 0.5) is 0 Å². The molecule has 1 aliphatic carbocycles. The Morgan fingerprint density at radius 2 is 2.19 bits per heavy atom. The molecular weight excluding hydrogens is 248 g/mol. The zero-order valence-electron chi connectivity index (χ0n) is 9.47. The normalized spacial score (nSPS) is 27.1. The number of methoxy groups -OCH3 is 1. The van der Waals surface area contributed by atoms with Crippen molar-refractivity contribution < 1.29 is 13.2 Å². The zero-order chi connectivity index (χ0) is 12.3. The van der Waals surface area contributed by atoms with Gasteiger partial charge in [-0.3, -0.25) is 0 Å². The van der Waals surface area contributed by atoms with E-state index < -0.39 is 15.3 Å². The van der Waals surface area contributed by atoms with Gasteiger partial charge in [-0.2, -0.15) is 0 Å². The van der Waals surface area contributed by atoms with E-state index in [0.717, 1.165) is 0 Å². The Kier molecular flexibility index (Phi) is 4.66. The van der Waals surface area contributed by atoms with Gasteiger partial charge in [-0.25, -0.2) is 13.1 Å². The highest BCUT2D eigenvalue weighted by atomic mass is 32.2. The summed E-state index contributed by atoms with van der Waals surface area (Å²) in [6.45, 7) is 1.75. The molecule has 16 heavy (non-hydrogen) atoms. The van der Waals surface area contributed by atoms with Crippen LogP contribution < -0.4 is 10.5 Å². The lowest BCUT2D eigenvalue weighted by molar-refractivity contribution is 0.0236. The molecule has 0 radical (unpaired) electrons. The third-order valence-electron chi connectivity index (χ3n) is 2.82. The standard InChI is InChI=1S/C9H18N2O3S2/c1-3-8(9(10)15)16(12,13)11-6-4-7(5-6)14-2/h6-8,11H,3-5H2,1-2H3,(H2,10,15). The number of nitrogens with one attached hydrogen (secondary N) is 1. The van der Waals surface area contributed by atoms with Crippen LogP contribution in [0.3, 0.4) is 0 Å². The fourth-order valence-corrected chi connectivity index (χ4v) is 3.85. The molecule has 1 aliphatic rings. The predicted molar refractivity (Wildman–Crippen MR) is 66.7 cm³/mol. The first-order valence-electron chi connectivity index (χ1n) is 5.24. The summed E-state index contributed by atoms with van der Waals surface area (Å²) in [6.07, 6.45) is 1.98. The molecule has 1 saturated carbocycles. The quantitative estimate of drug-likeness (QED) is 0.669. The van der Waals surface area contributed by atoms with Gasteiger partial charge >= 0.3 is 0 Å². The van der Waals surface area contributed by atoms with Crippen molar-refractivity contribution in [2.75, 3.05) is 7.11 Å².